The van der Waals surface area contributed by atoms with Crippen molar-refractivity contribution < 1.29 is 24.2 Å². The highest BCUT2D eigenvalue weighted by atomic mass is 32.2. The van der Waals surface area contributed by atoms with E-state index < -0.39 is 34.6 Å². The Hall–Kier alpha value is -3.56. The summed E-state index contributed by atoms with van der Waals surface area (Å²) in [4.78, 5) is 48.8. The fraction of sp³-hybridized carbons (Fsp3) is 0.472. The van der Waals surface area contributed by atoms with Crippen molar-refractivity contribution in [1.29, 1.82) is 0 Å². The van der Waals surface area contributed by atoms with Crippen molar-refractivity contribution in [2.75, 3.05) is 42.6 Å². The van der Waals surface area contributed by atoms with Gasteiger partial charge in [-0.25, -0.2) is 0 Å². The fourth-order valence-corrected chi connectivity index (χ4v) is 10.2. The molecule has 0 aromatic heterocycles. The molecule has 1 spiro atoms. The van der Waals surface area contributed by atoms with Gasteiger partial charge in [0, 0.05) is 36.3 Å². The van der Waals surface area contributed by atoms with E-state index in [0.29, 0.717) is 18.5 Å². The molecule has 240 valence electrons. The van der Waals surface area contributed by atoms with Gasteiger partial charge in [-0.15, -0.1) is 18.3 Å². The molecule has 0 radical (unpaired) electrons. The number of aliphatic hydroxyl groups excluding tert-OH is 1. The van der Waals surface area contributed by atoms with Gasteiger partial charge in [0.05, 0.1) is 29.2 Å². The summed E-state index contributed by atoms with van der Waals surface area (Å²) in [7, 11) is 0. The Bertz CT molecular complexity index is 1400. The average Bonchev–Trinajstić information content (AvgIpc) is 3.66. The second-order valence-electron chi connectivity index (χ2n) is 12.2. The van der Waals surface area contributed by atoms with Crippen LogP contribution < -0.4 is 9.80 Å². The van der Waals surface area contributed by atoms with Crippen LogP contribution in [0.4, 0.5) is 11.4 Å². The number of benzene rings is 2. The number of likely N-dealkylation sites (tertiary alicyclic amines) is 1. The Kier molecular flexibility index (Phi) is 10.1. The third-order valence-corrected chi connectivity index (χ3v) is 11.9. The summed E-state index contributed by atoms with van der Waals surface area (Å²) in [5.41, 5.74) is 2.72. The Morgan fingerprint density at radius 1 is 1.09 bits per heavy atom. The molecule has 3 aliphatic heterocycles. The maximum absolute atomic E-state index is 15.1. The maximum Gasteiger partial charge on any atom is 0.311 e. The fourth-order valence-electron chi connectivity index (χ4n) is 7.81. The zero-order valence-electron chi connectivity index (χ0n) is 26.5. The summed E-state index contributed by atoms with van der Waals surface area (Å²) in [6, 6.07) is 16.0. The summed E-state index contributed by atoms with van der Waals surface area (Å²) < 4.78 is 4.68. The smallest absolute Gasteiger partial charge is 0.311 e. The van der Waals surface area contributed by atoms with Crippen LogP contribution in [0, 0.1) is 17.8 Å². The second-order valence-corrected chi connectivity index (χ2v) is 13.7. The molecule has 2 aromatic carbocycles. The molecule has 0 aliphatic carbocycles. The molecular weight excluding hydrogens is 586 g/mol. The molecule has 3 aliphatic rings. The largest absolute Gasteiger partial charge is 0.461 e. The van der Waals surface area contributed by atoms with Crippen LogP contribution in [0.1, 0.15) is 32.8 Å². The third-order valence-electron chi connectivity index (χ3n) is 9.82. The van der Waals surface area contributed by atoms with E-state index in [0.717, 1.165) is 24.3 Å². The van der Waals surface area contributed by atoms with E-state index in [2.05, 4.69) is 38.8 Å². The maximum atomic E-state index is 15.1. The molecule has 9 heteroatoms. The van der Waals surface area contributed by atoms with Gasteiger partial charge in [0.1, 0.15) is 12.6 Å². The molecule has 8 nitrogen and oxygen atoms in total. The van der Waals surface area contributed by atoms with E-state index in [9.17, 15) is 14.7 Å². The van der Waals surface area contributed by atoms with Gasteiger partial charge in [-0.2, -0.15) is 0 Å². The molecule has 3 saturated heterocycles. The molecule has 2 aromatic rings. The van der Waals surface area contributed by atoms with E-state index in [4.69, 9.17) is 4.74 Å². The quantitative estimate of drug-likeness (QED) is 0.238. The molecule has 2 bridgehead atoms. The lowest BCUT2D eigenvalue weighted by atomic mass is 9.66. The van der Waals surface area contributed by atoms with Crippen molar-refractivity contribution >= 4 is 40.9 Å². The Morgan fingerprint density at radius 2 is 1.76 bits per heavy atom. The van der Waals surface area contributed by atoms with Crippen LogP contribution in [0.2, 0.25) is 0 Å². The average molecular weight is 632 g/mol. The van der Waals surface area contributed by atoms with E-state index in [1.54, 1.807) is 27.6 Å². The SMILES string of the molecule is C=CCOC(=O)[C@@H]1[C@H]2C(=O)N([C@@H](CO)Cc3ccccc3)C(C(=O)N(CC=C)c3ccc(N(CC)CC)cc3)C23S[C@@H]1CC3C. The number of thioether (sulfide) groups is 1. The topological polar surface area (TPSA) is 90.4 Å². The summed E-state index contributed by atoms with van der Waals surface area (Å²) >= 11 is 1.60. The van der Waals surface area contributed by atoms with Gasteiger partial charge >= 0.3 is 5.97 Å². The van der Waals surface area contributed by atoms with E-state index >= 15 is 4.79 Å². The molecule has 3 unspecified atom stereocenters. The lowest BCUT2D eigenvalue weighted by Crippen LogP contribution is -2.59. The van der Waals surface area contributed by atoms with Crippen molar-refractivity contribution in [1.82, 2.24) is 4.90 Å². The third kappa shape index (κ3) is 5.69. The molecule has 3 heterocycles. The molecule has 3 fully saturated rings. The van der Waals surface area contributed by atoms with Gasteiger partial charge in [-0.05, 0) is 62.4 Å². The number of nitrogens with zero attached hydrogens (tertiary/aromatic N) is 3. The summed E-state index contributed by atoms with van der Waals surface area (Å²) in [6.07, 6.45) is 4.29. The lowest BCUT2D eigenvalue weighted by Gasteiger charge is -2.42. The van der Waals surface area contributed by atoms with Gasteiger partial charge in [0.15, 0.2) is 0 Å². The van der Waals surface area contributed by atoms with Crippen LogP contribution >= 0.6 is 11.8 Å². The van der Waals surface area contributed by atoms with Crippen LogP contribution in [0.3, 0.4) is 0 Å². The number of esters is 1. The summed E-state index contributed by atoms with van der Waals surface area (Å²) in [5.74, 6) is -2.34. The molecule has 0 saturated carbocycles. The molecule has 2 amide bonds. The van der Waals surface area contributed by atoms with Crippen LogP contribution in [0.5, 0.6) is 0 Å². The van der Waals surface area contributed by atoms with Crippen molar-refractivity contribution in [3.63, 3.8) is 0 Å². The van der Waals surface area contributed by atoms with Gasteiger partial charge in [0.2, 0.25) is 5.91 Å². The number of fused-ring (bicyclic) bond motifs is 1. The minimum Gasteiger partial charge on any atom is -0.461 e. The minimum atomic E-state index is -0.888. The van der Waals surface area contributed by atoms with E-state index in [1.807, 2.05) is 54.6 Å². The number of aliphatic hydroxyl groups is 1. The van der Waals surface area contributed by atoms with Crippen LogP contribution in [-0.2, 0) is 25.5 Å². The number of anilines is 2. The standard InChI is InChI=1S/C36H45N3O5S/c1-6-19-38(27-17-15-26(16-18-27)37(8-3)9-4)34(42)32-36-24(5)21-29(45-36)30(35(43)44-20-7-2)31(36)33(41)39(32)28(23-40)22-25-13-11-10-12-14-25/h6-7,10-18,24,28-32,40H,1-2,8-9,19-23H2,3-5H3/t24?,28-,29-,30+,31+,32?,36?/m1/s1. The van der Waals surface area contributed by atoms with Gasteiger partial charge in [-0.3, -0.25) is 14.4 Å². The monoisotopic (exact) mass is 631 g/mol. The number of carbonyl (C=O) groups excluding carboxylic acids is 3. The first-order valence-corrected chi connectivity index (χ1v) is 16.8. The Labute approximate surface area is 271 Å². The summed E-state index contributed by atoms with van der Waals surface area (Å²) in [6.45, 7) is 15.6. The predicted molar refractivity (Wildman–Crippen MR) is 180 cm³/mol. The highest BCUT2D eigenvalue weighted by molar-refractivity contribution is 8.02. The van der Waals surface area contributed by atoms with Crippen molar-refractivity contribution in [2.45, 2.75) is 55.7 Å². The summed E-state index contributed by atoms with van der Waals surface area (Å²) in [5, 5.41) is 10.7. The van der Waals surface area contributed by atoms with Crippen molar-refractivity contribution in [3.8, 4) is 0 Å². The predicted octanol–water partition coefficient (Wildman–Crippen LogP) is 4.72. The number of hydrogen-bond acceptors (Lipinski definition) is 7. The lowest BCUT2D eigenvalue weighted by molar-refractivity contribution is -0.154. The first kappa shape index (κ1) is 32.8. The molecule has 5 rings (SSSR count). The van der Waals surface area contributed by atoms with Gasteiger partial charge < -0.3 is 24.5 Å². The normalized spacial score (nSPS) is 27.2. The van der Waals surface area contributed by atoms with Gasteiger partial charge in [-0.1, -0.05) is 56.0 Å². The molecule has 1 N–H and O–H groups in total. The number of carbonyl (C=O) groups is 3. The first-order valence-electron chi connectivity index (χ1n) is 16.0. The van der Waals surface area contributed by atoms with Crippen molar-refractivity contribution in [3.05, 3.63) is 85.5 Å². The molecule has 45 heavy (non-hydrogen) atoms. The van der Waals surface area contributed by atoms with Gasteiger partial charge in [0.25, 0.3) is 5.91 Å². The molecular formula is C36H45N3O5S. The first-order chi connectivity index (χ1) is 21.8. The van der Waals surface area contributed by atoms with E-state index in [-0.39, 0.29) is 42.7 Å². The number of hydrogen-bond donors (Lipinski definition) is 1. The zero-order chi connectivity index (χ0) is 32.3. The molecule has 7 atom stereocenters. The van der Waals surface area contributed by atoms with Crippen LogP contribution in [0.25, 0.3) is 0 Å². The zero-order valence-corrected chi connectivity index (χ0v) is 27.3. The van der Waals surface area contributed by atoms with Crippen molar-refractivity contribution in [2.24, 2.45) is 17.8 Å². The number of amides is 2. The highest BCUT2D eigenvalue weighted by Gasteiger charge is 2.77. The van der Waals surface area contributed by atoms with Crippen LogP contribution in [-0.4, -0.2) is 82.7 Å². The number of ether oxygens (including phenoxy) is 1. The Morgan fingerprint density at radius 3 is 2.36 bits per heavy atom. The van der Waals surface area contributed by atoms with Crippen LogP contribution in [0.15, 0.2) is 79.9 Å². The second kappa shape index (κ2) is 13.8. The highest BCUT2D eigenvalue weighted by Crippen LogP contribution is 2.69. The number of rotatable bonds is 14. The van der Waals surface area contributed by atoms with E-state index in [1.165, 1.54) is 6.08 Å². The minimum absolute atomic E-state index is 0.0180. The Balaban J connectivity index is 1.60.